The van der Waals surface area contributed by atoms with Gasteiger partial charge in [0.15, 0.2) is 4.34 Å². The third-order valence-corrected chi connectivity index (χ3v) is 7.85. The number of carbonyl (C=O) groups excluding carboxylic acids is 1. The van der Waals surface area contributed by atoms with Gasteiger partial charge in [0.2, 0.25) is 16.2 Å². The molecule has 0 bridgehead atoms. The van der Waals surface area contributed by atoms with E-state index in [9.17, 15) is 4.79 Å². The van der Waals surface area contributed by atoms with Gasteiger partial charge in [0, 0.05) is 10.2 Å². The van der Waals surface area contributed by atoms with Gasteiger partial charge in [0.1, 0.15) is 5.75 Å². The van der Waals surface area contributed by atoms with Crippen molar-refractivity contribution in [3.63, 3.8) is 0 Å². The summed E-state index contributed by atoms with van der Waals surface area (Å²) in [5.41, 5.74) is 4.73. The second-order valence-corrected chi connectivity index (χ2v) is 11.0. The molecule has 15 heteroatoms. The molecule has 2 heterocycles. The van der Waals surface area contributed by atoms with Crippen molar-refractivity contribution in [1.82, 2.24) is 25.1 Å². The van der Waals surface area contributed by atoms with Crippen molar-refractivity contribution in [2.24, 2.45) is 5.10 Å². The van der Waals surface area contributed by atoms with E-state index in [0.717, 1.165) is 43.2 Å². The first-order chi connectivity index (χ1) is 17.5. The number of nitrogens with two attached hydrogens (primary N) is 1. The van der Waals surface area contributed by atoms with Gasteiger partial charge in [-0.05, 0) is 35.4 Å². The fourth-order valence-electron chi connectivity index (χ4n) is 2.71. The summed E-state index contributed by atoms with van der Waals surface area (Å²) in [6, 6.07) is 15.5. The van der Waals surface area contributed by atoms with Crippen LogP contribution in [0.4, 0.5) is 11.1 Å². The number of amides is 1. The number of anilines is 2. The number of nitrogens with zero attached hydrogens (tertiary/aromatic N) is 6. The quantitative estimate of drug-likeness (QED) is 0.0751. The molecule has 0 aliphatic rings. The lowest BCUT2D eigenvalue weighted by atomic mass is 10.2. The number of carbonyl (C=O) groups is 1. The first kappa shape index (κ1) is 25.9. The smallest absolute Gasteiger partial charge is 0.264 e. The highest BCUT2D eigenvalue weighted by Crippen LogP contribution is 2.29. The normalized spacial score (nSPS) is 11.1. The van der Waals surface area contributed by atoms with Crippen molar-refractivity contribution >= 4 is 74.0 Å². The van der Waals surface area contributed by atoms with Crippen LogP contribution in [-0.4, -0.2) is 50.1 Å². The largest absolute Gasteiger partial charge is 0.497 e. The number of hydrogen-bond acceptors (Lipinski definition) is 12. The molecular formula is C21H20BrN9O2S3. The van der Waals surface area contributed by atoms with Crippen molar-refractivity contribution < 1.29 is 9.53 Å². The molecule has 0 fully saturated rings. The van der Waals surface area contributed by atoms with Gasteiger partial charge in [-0.2, -0.15) is 5.10 Å². The van der Waals surface area contributed by atoms with Crippen LogP contribution in [0.3, 0.4) is 0 Å². The van der Waals surface area contributed by atoms with E-state index in [4.69, 9.17) is 10.6 Å². The summed E-state index contributed by atoms with van der Waals surface area (Å²) in [5.74, 6) is 7.54. The summed E-state index contributed by atoms with van der Waals surface area (Å²) in [5, 5.41) is 23.8. The van der Waals surface area contributed by atoms with Crippen LogP contribution in [0.1, 0.15) is 11.1 Å². The Morgan fingerprint density at radius 1 is 1.19 bits per heavy atom. The highest BCUT2D eigenvalue weighted by atomic mass is 79.9. The van der Waals surface area contributed by atoms with E-state index in [1.54, 1.807) is 25.1 Å². The number of halogens is 1. The van der Waals surface area contributed by atoms with E-state index in [-0.39, 0.29) is 17.6 Å². The van der Waals surface area contributed by atoms with Crippen molar-refractivity contribution in [2.45, 2.75) is 15.2 Å². The Morgan fingerprint density at radius 3 is 2.89 bits per heavy atom. The fraction of sp³-hybridized carbons (Fsp3) is 0.143. The van der Waals surface area contributed by atoms with Crippen LogP contribution in [0.2, 0.25) is 0 Å². The van der Waals surface area contributed by atoms with E-state index in [1.165, 1.54) is 16.0 Å². The molecule has 0 saturated heterocycles. The number of aromatic nitrogens is 5. The van der Waals surface area contributed by atoms with Crippen molar-refractivity contribution in [2.75, 3.05) is 29.4 Å². The summed E-state index contributed by atoms with van der Waals surface area (Å²) < 4.78 is 8.21. The van der Waals surface area contributed by atoms with Gasteiger partial charge in [-0.3, -0.25) is 10.1 Å². The van der Waals surface area contributed by atoms with Gasteiger partial charge in [0.05, 0.1) is 19.1 Å². The van der Waals surface area contributed by atoms with Crippen LogP contribution in [0, 0.1) is 0 Å². The summed E-state index contributed by atoms with van der Waals surface area (Å²) in [7, 11) is 1.60. The number of methoxy groups -OCH3 is 1. The number of benzene rings is 2. The van der Waals surface area contributed by atoms with E-state index < -0.39 is 0 Å². The summed E-state index contributed by atoms with van der Waals surface area (Å²) in [6.45, 7) is 0. The van der Waals surface area contributed by atoms with Crippen LogP contribution in [-0.2, 0) is 10.5 Å². The van der Waals surface area contributed by atoms with Crippen LogP contribution in [0.5, 0.6) is 5.75 Å². The van der Waals surface area contributed by atoms with Crippen molar-refractivity contribution in [3.8, 4) is 5.75 Å². The minimum Gasteiger partial charge on any atom is -0.497 e. The molecule has 4 rings (SSSR count). The standard InChI is InChI=1S/C21H20BrN9O2S3/c1-33-16-7-3-4-13(9-16)10-24-26-18-27-29-20(31(18)23)34-12-17(32)25-19-28-30-21(36-19)35-11-14-5-2-6-15(22)8-14/h2-10H,11-12,23H2,1H3,(H,26,27)(H,25,28,32)/b24-10+. The van der Waals surface area contributed by atoms with Gasteiger partial charge >= 0.3 is 0 Å². The summed E-state index contributed by atoms with van der Waals surface area (Å²) in [6.07, 6.45) is 1.60. The molecular weight excluding hydrogens is 586 g/mol. The average Bonchev–Trinajstić information content (AvgIpc) is 3.47. The molecule has 186 valence electrons. The zero-order chi connectivity index (χ0) is 25.3. The van der Waals surface area contributed by atoms with E-state index >= 15 is 0 Å². The number of rotatable bonds is 11. The number of hydrogen-bond donors (Lipinski definition) is 3. The van der Waals surface area contributed by atoms with Crippen molar-refractivity contribution in [3.05, 3.63) is 64.1 Å². The Morgan fingerprint density at radius 2 is 2.06 bits per heavy atom. The fourth-order valence-corrected chi connectivity index (χ4v) is 5.53. The minimum absolute atomic E-state index is 0.0719. The predicted molar refractivity (Wildman–Crippen MR) is 147 cm³/mol. The van der Waals surface area contributed by atoms with Gasteiger partial charge < -0.3 is 10.6 Å². The average molecular weight is 607 g/mol. The van der Waals surface area contributed by atoms with E-state index in [1.807, 2.05) is 42.5 Å². The number of thioether (sulfide) groups is 2. The highest BCUT2D eigenvalue weighted by molar-refractivity contribution is 9.10. The summed E-state index contributed by atoms with van der Waals surface area (Å²) in [4.78, 5) is 12.4. The number of hydrazone groups is 1. The third-order valence-electron chi connectivity index (χ3n) is 4.37. The third kappa shape index (κ3) is 7.43. The monoisotopic (exact) mass is 605 g/mol. The Balaban J connectivity index is 1.23. The number of ether oxygens (including phenoxy) is 1. The van der Waals surface area contributed by atoms with Crippen LogP contribution in [0.25, 0.3) is 0 Å². The summed E-state index contributed by atoms with van der Waals surface area (Å²) >= 11 is 7.48. The number of nitrogen functional groups attached to an aromatic ring is 1. The predicted octanol–water partition coefficient (Wildman–Crippen LogP) is 4.08. The molecule has 4 N–H and O–H groups in total. The van der Waals surface area contributed by atoms with E-state index in [0.29, 0.717) is 10.3 Å². The zero-order valence-corrected chi connectivity index (χ0v) is 22.8. The molecule has 0 radical (unpaired) electrons. The number of nitrogens with one attached hydrogen (secondary N) is 2. The molecule has 0 spiro atoms. The molecule has 4 aromatic rings. The van der Waals surface area contributed by atoms with Gasteiger partial charge in [-0.1, -0.05) is 75.1 Å². The maximum Gasteiger partial charge on any atom is 0.264 e. The Bertz CT molecular complexity index is 1360. The molecule has 0 aliphatic carbocycles. The maximum absolute atomic E-state index is 12.4. The molecule has 36 heavy (non-hydrogen) atoms. The molecule has 0 aliphatic heterocycles. The zero-order valence-electron chi connectivity index (χ0n) is 18.8. The van der Waals surface area contributed by atoms with Crippen molar-refractivity contribution in [1.29, 1.82) is 0 Å². The Labute approximate surface area is 227 Å². The lowest BCUT2D eigenvalue weighted by molar-refractivity contribution is -0.113. The first-order valence-corrected chi connectivity index (χ1v) is 13.9. The maximum atomic E-state index is 12.4. The molecule has 0 atom stereocenters. The van der Waals surface area contributed by atoms with Gasteiger partial charge in [0.25, 0.3) is 5.95 Å². The topological polar surface area (TPSA) is 145 Å². The van der Waals surface area contributed by atoms with Gasteiger partial charge in [-0.15, -0.1) is 20.4 Å². The molecule has 2 aromatic carbocycles. The second kappa shape index (κ2) is 12.7. The Kier molecular flexibility index (Phi) is 9.16. The lowest BCUT2D eigenvalue weighted by Gasteiger charge is -2.03. The molecule has 1 amide bonds. The Hall–Kier alpha value is -3.14. The lowest BCUT2D eigenvalue weighted by Crippen LogP contribution is -2.16. The first-order valence-electron chi connectivity index (χ1n) is 10.3. The van der Waals surface area contributed by atoms with Crippen LogP contribution < -0.4 is 21.3 Å². The van der Waals surface area contributed by atoms with Crippen LogP contribution >= 0.6 is 50.8 Å². The van der Waals surface area contributed by atoms with Gasteiger partial charge in [-0.25, -0.2) is 10.1 Å². The SMILES string of the molecule is COc1cccc(/C=N/Nc2nnc(SCC(=O)Nc3nnc(SCc4cccc(Br)c4)s3)n2N)c1. The second-order valence-electron chi connectivity index (χ2n) is 6.95. The van der Waals surface area contributed by atoms with E-state index in [2.05, 4.69) is 58.2 Å². The highest BCUT2D eigenvalue weighted by Gasteiger charge is 2.14. The molecule has 11 nitrogen and oxygen atoms in total. The van der Waals surface area contributed by atoms with Crippen LogP contribution in [0.15, 0.2) is 67.6 Å². The minimum atomic E-state index is -0.256. The molecule has 2 aromatic heterocycles. The molecule has 0 saturated carbocycles. The molecule has 0 unspecified atom stereocenters.